The molecule has 0 spiro atoms. The van der Waals surface area contributed by atoms with Gasteiger partial charge in [-0.15, -0.1) is 0 Å². The molecule has 0 unspecified atom stereocenters. The molecule has 0 amide bonds. The molecular formula is C17H15F3O4S. The first-order valence-corrected chi connectivity index (χ1v) is 8.75. The van der Waals surface area contributed by atoms with Crippen LogP contribution < -0.4 is 4.18 Å². The minimum atomic E-state index is -4.57. The van der Waals surface area contributed by atoms with Crippen molar-refractivity contribution in [1.82, 2.24) is 0 Å². The normalized spacial score (nSPS) is 12.0. The van der Waals surface area contributed by atoms with Crippen molar-refractivity contribution in [3.63, 3.8) is 0 Å². The fourth-order valence-electron chi connectivity index (χ4n) is 2.20. The van der Waals surface area contributed by atoms with Gasteiger partial charge in [0.1, 0.15) is 5.75 Å². The van der Waals surface area contributed by atoms with Crippen LogP contribution in [-0.2, 0) is 22.0 Å². The van der Waals surface area contributed by atoms with Crippen molar-refractivity contribution in [3.05, 3.63) is 64.7 Å². The predicted molar refractivity (Wildman–Crippen MR) is 85.9 cm³/mol. The zero-order valence-electron chi connectivity index (χ0n) is 13.4. The zero-order chi connectivity index (χ0) is 18.8. The smallest absolute Gasteiger partial charge is 0.381 e. The molecule has 0 atom stereocenters. The average molecular weight is 372 g/mol. The Bertz CT molecular complexity index is 902. The molecule has 8 heteroatoms. The topological polar surface area (TPSA) is 60.4 Å². The van der Waals surface area contributed by atoms with Gasteiger partial charge < -0.3 is 4.18 Å². The van der Waals surface area contributed by atoms with Gasteiger partial charge in [0, 0.05) is 0 Å². The highest BCUT2D eigenvalue weighted by atomic mass is 32.2. The van der Waals surface area contributed by atoms with Crippen molar-refractivity contribution < 1.29 is 30.6 Å². The number of carbonyl (C=O) groups is 1. The summed E-state index contributed by atoms with van der Waals surface area (Å²) < 4.78 is 67.5. The molecule has 0 aliphatic heterocycles. The van der Waals surface area contributed by atoms with Gasteiger partial charge in [-0.3, -0.25) is 4.79 Å². The van der Waals surface area contributed by atoms with E-state index >= 15 is 0 Å². The van der Waals surface area contributed by atoms with E-state index in [0.717, 1.165) is 18.2 Å². The lowest BCUT2D eigenvalue weighted by atomic mass is 10.1. The third-order valence-electron chi connectivity index (χ3n) is 3.33. The summed E-state index contributed by atoms with van der Waals surface area (Å²) in [4.78, 5) is 11.6. The second-order valence-electron chi connectivity index (χ2n) is 5.54. The van der Waals surface area contributed by atoms with E-state index in [4.69, 9.17) is 4.18 Å². The SMILES string of the molecule is CC(=O)c1ccc(C)cc1OS(=O)(=O)Cc1cccc(C(F)(F)F)c1. The van der Waals surface area contributed by atoms with E-state index in [1.54, 1.807) is 13.0 Å². The second kappa shape index (κ2) is 6.87. The molecule has 0 N–H and O–H groups in total. The first-order valence-electron chi connectivity index (χ1n) is 7.18. The summed E-state index contributed by atoms with van der Waals surface area (Å²) in [7, 11) is -4.24. The van der Waals surface area contributed by atoms with Crippen molar-refractivity contribution in [1.29, 1.82) is 0 Å². The molecule has 0 bridgehead atoms. The van der Waals surface area contributed by atoms with E-state index in [1.807, 2.05) is 0 Å². The zero-order valence-corrected chi connectivity index (χ0v) is 14.2. The minimum Gasteiger partial charge on any atom is -0.381 e. The van der Waals surface area contributed by atoms with E-state index in [2.05, 4.69) is 0 Å². The van der Waals surface area contributed by atoms with Crippen molar-refractivity contribution in [3.8, 4) is 5.75 Å². The summed E-state index contributed by atoms with van der Waals surface area (Å²) in [6.45, 7) is 2.95. The molecule has 0 aliphatic carbocycles. The standard InChI is InChI=1S/C17H15F3O4S/c1-11-6-7-15(12(2)21)16(8-11)24-25(22,23)10-13-4-3-5-14(9-13)17(18,19)20/h3-9H,10H2,1-2H3. The van der Waals surface area contributed by atoms with Gasteiger partial charge in [0.2, 0.25) is 0 Å². The van der Waals surface area contributed by atoms with Crippen LogP contribution in [0.25, 0.3) is 0 Å². The van der Waals surface area contributed by atoms with Crippen LogP contribution in [-0.4, -0.2) is 14.2 Å². The van der Waals surface area contributed by atoms with Crippen LogP contribution in [0.5, 0.6) is 5.75 Å². The number of ketones is 1. The molecule has 4 nitrogen and oxygen atoms in total. The quantitative estimate of drug-likeness (QED) is 0.585. The van der Waals surface area contributed by atoms with Crippen LogP contribution >= 0.6 is 0 Å². The van der Waals surface area contributed by atoms with Gasteiger partial charge in [-0.1, -0.05) is 24.3 Å². The van der Waals surface area contributed by atoms with Crippen LogP contribution in [0.15, 0.2) is 42.5 Å². The van der Waals surface area contributed by atoms with Gasteiger partial charge in [-0.2, -0.15) is 21.6 Å². The number of halogens is 3. The van der Waals surface area contributed by atoms with Gasteiger partial charge >= 0.3 is 16.3 Å². The van der Waals surface area contributed by atoms with Crippen LogP contribution in [0.3, 0.4) is 0 Å². The molecule has 0 saturated carbocycles. The Morgan fingerprint density at radius 3 is 2.40 bits per heavy atom. The van der Waals surface area contributed by atoms with Gasteiger partial charge in [0.25, 0.3) is 0 Å². The second-order valence-corrected chi connectivity index (χ2v) is 7.11. The number of Topliss-reactive ketones (excluding diaryl/α,β-unsaturated/α-hetero) is 1. The molecule has 2 aromatic rings. The number of hydrogen-bond acceptors (Lipinski definition) is 4. The molecule has 0 aliphatic rings. The van der Waals surface area contributed by atoms with E-state index in [9.17, 15) is 26.4 Å². The van der Waals surface area contributed by atoms with Crippen LogP contribution in [0.2, 0.25) is 0 Å². The van der Waals surface area contributed by atoms with Crippen LogP contribution in [0.1, 0.15) is 34.0 Å². The Balaban J connectivity index is 2.30. The Kier molecular flexibility index (Phi) is 5.22. The van der Waals surface area contributed by atoms with Gasteiger partial charge in [0.15, 0.2) is 11.5 Å². The lowest BCUT2D eigenvalue weighted by molar-refractivity contribution is -0.137. The van der Waals surface area contributed by atoms with Crippen LogP contribution in [0, 0.1) is 6.92 Å². The minimum absolute atomic E-state index is 0.0631. The molecule has 2 rings (SSSR count). The molecule has 0 radical (unpaired) electrons. The van der Waals surface area contributed by atoms with Crippen molar-refractivity contribution >= 4 is 15.9 Å². The summed E-state index contributed by atoms with van der Waals surface area (Å²) in [6, 6.07) is 8.45. The maximum Gasteiger partial charge on any atom is 0.416 e. The lowest BCUT2D eigenvalue weighted by Gasteiger charge is -2.12. The molecule has 25 heavy (non-hydrogen) atoms. The maximum absolute atomic E-state index is 12.7. The summed E-state index contributed by atoms with van der Waals surface area (Å²) in [5, 5.41) is 0. The molecule has 0 fully saturated rings. The third-order valence-corrected chi connectivity index (χ3v) is 4.45. The van der Waals surface area contributed by atoms with Crippen LogP contribution in [0.4, 0.5) is 13.2 Å². The molecule has 0 saturated heterocycles. The number of aryl methyl sites for hydroxylation is 1. The predicted octanol–water partition coefficient (Wildman–Crippen LogP) is 4.13. The maximum atomic E-state index is 12.7. The van der Waals surface area contributed by atoms with E-state index < -0.39 is 27.6 Å². The average Bonchev–Trinajstić information content (AvgIpc) is 2.45. The van der Waals surface area contributed by atoms with Crippen molar-refractivity contribution in [2.24, 2.45) is 0 Å². The van der Waals surface area contributed by atoms with Crippen molar-refractivity contribution in [2.75, 3.05) is 0 Å². The fraction of sp³-hybridized carbons (Fsp3) is 0.235. The monoisotopic (exact) mass is 372 g/mol. The van der Waals surface area contributed by atoms with Crippen molar-refractivity contribution in [2.45, 2.75) is 25.8 Å². The summed E-state index contributed by atoms with van der Waals surface area (Å²) in [5.41, 5.74) is -0.250. The van der Waals surface area contributed by atoms with E-state index in [-0.39, 0.29) is 22.7 Å². The van der Waals surface area contributed by atoms with Gasteiger partial charge in [0.05, 0.1) is 11.1 Å². The van der Waals surface area contributed by atoms with E-state index in [1.165, 1.54) is 25.1 Å². The van der Waals surface area contributed by atoms with Gasteiger partial charge in [-0.05, 0) is 43.2 Å². The largest absolute Gasteiger partial charge is 0.416 e. The third kappa shape index (κ3) is 5.06. The Morgan fingerprint density at radius 2 is 1.80 bits per heavy atom. The Labute approximate surface area is 143 Å². The van der Waals surface area contributed by atoms with Gasteiger partial charge in [-0.25, -0.2) is 0 Å². The fourth-order valence-corrected chi connectivity index (χ4v) is 3.26. The highest BCUT2D eigenvalue weighted by molar-refractivity contribution is 7.86. The highest BCUT2D eigenvalue weighted by Gasteiger charge is 2.31. The molecule has 134 valence electrons. The summed E-state index contributed by atoms with van der Waals surface area (Å²) in [6.07, 6.45) is -4.57. The first kappa shape index (κ1) is 19.0. The highest BCUT2D eigenvalue weighted by Crippen LogP contribution is 2.30. The number of carbonyl (C=O) groups excluding carboxylic acids is 1. The van der Waals surface area contributed by atoms with E-state index in [0.29, 0.717) is 5.56 Å². The first-order chi connectivity index (χ1) is 11.5. The number of hydrogen-bond donors (Lipinski definition) is 0. The Morgan fingerprint density at radius 1 is 1.12 bits per heavy atom. The number of benzene rings is 2. The molecule has 2 aromatic carbocycles. The number of rotatable bonds is 5. The summed E-state index contributed by atoms with van der Waals surface area (Å²) in [5.74, 6) is -1.27. The Hall–Kier alpha value is -2.35. The molecule has 0 aromatic heterocycles. The lowest BCUT2D eigenvalue weighted by Crippen LogP contribution is -2.15. The number of alkyl halides is 3. The summed E-state index contributed by atoms with van der Waals surface area (Å²) >= 11 is 0. The molecular weight excluding hydrogens is 357 g/mol. The molecule has 0 heterocycles.